The molecule has 2 heterocycles. The predicted molar refractivity (Wildman–Crippen MR) is 161 cm³/mol. The Morgan fingerprint density at radius 3 is 2.34 bits per heavy atom. The smallest absolute Gasteiger partial charge is 0.264 e. The van der Waals surface area contributed by atoms with Crippen LogP contribution in [0, 0.1) is 0 Å². The number of nitrogens with zero attached hydrogens (tertiary/aromatic N) is 3. The van der Waals surface area contributed by atoms with Crippen LogP contribution < -0.4 is 14.4 Å². The normalized spacial score (nSPS) is 14.0. The molecule has 8 nitrogen and oxygen atoms in total. The van der Waals surface area contributed by atoms with E-state index in [1.165, 1.54) is 5.56 Å². The van der Waals surface area contributed by atoms with Gasteiger partial charge in [-0.25, -0.2) is 13.1 Å². The minimum absolute atomic E-state index is 0.247. The van der Waals surface area contributed by atoms with E-state index in [0.29, 0.717) is 17.7 Å². The van der Waals surface area contributed by atoms with E-state index in [1.54, 1.807) is 42.6 Å². The van der Waals surface area contributed by atoms with Gasteiger partial charge in [0.1, 0.15) is 5.75 Å². The van der Waals surface area contributed by atoms with Crippen LogP contribution in [0.2, 0.25) is 0 Å². The summed E-state index contributed by atoms with van der Waals surface area (Å²) in [5, 5.41) is 0. The first-order chi connectivity index (χ1) is 19.9. The number of carbonyl (C=O) groups excluding carboxylic acids is 1. The van der Waals surface area contributed by atoms with Crippen molar-refractivity contribution in [1.29, 1.82) is 0 Å². The Morgan fingerprint density at radius 1 is 0.902 bits per heavy atom. The zero-order valence-electron chi connectivity index (χ0n) is 23.1. The van der Waals surface area contributed by atoms with Gasteiger partial charge in [-0.2, -0.15) is 0 Å². The molecule has 0 saturated carbocycles. The summed E-state index contributed by atoms with van der Waals surface area (Å²) in [6.45, 7) is 6.88. The van der Waals surface area contributed by atoms with Gasteiger partial charge in [0.25, 0.3) is 5.91 Å². The second-order valence-electron chi connectivity index (χ2n) is 9.99. The maximum absolute atomic E-state index is 12.6. The van der Waals surface area contributed by atoms with Gasteiger partial charge in [0, 0.05) is 55.7 Å². The van der Waals surface area contributed by atoms with Crippen LogP contribution in [-0.2, 0) is 22.3 Å². The molecule has 1 aliphatic rings. The molecular formula is C32H34N4O4S. The van der Waals surface area contributed by atoms with E-state index in [-0.39, 0.29) is 5.75 Å². The molecule has 1 saturated heterocycles. The van der Waals surface area contributed by atoms with Gasteiger partial charge in [-0.15, -0.1) is 0 Å². The first-order valence-corrected chi connectivity index (χ1v) is 15.4. The number of ether oxygens (including phenoxy) is 1. The minimum atomic E-state index is -3.80. The third-order valence-electron chi connectivity index (χ3n) is 7.06. The highest BCUT2D eigenvalue weighted by molar-refractivity contribution is 7.89. The highest BCUT2D eigenvalue weighted by Crippen LogP contribution is 2.28. The van der Waals surface area contributed by atoms with Crippen LogP contribution in [0.4, 0.5) is 5.69 Å². The molecule has 1 fully saturated rings. The highest BCUT2D eigenvalue weighted by atomic mass is 32.2. The Labute approximate surface area is 241 Å². The van der Waals surface area contributed by atoms with Crippen LogP contribution in [0.15, 0.2) is 97.3 Å². The van der Waals surface area contributed by atoms with Crippen molar-refractivity contribution in [3.8, 4) is 16.9 Å². The monoisotopic (exact) mass is 570 g/mol. The van der Waals surface area contributed by atoms with Gasteiger partial charge in [0.05, 0.1) is 18.6 Å². The van der Waals surface area contributed by atoms with Crippen molar-refractivity contribution in [2.75, 3.05) is 37.7 Å². The Morgan fingerprint density at radius 2 is 1.61 bits per heavy atom. The van der Waals surface area contributed by atoms with Gasteiger partial charge in [0.15, 0.2) is 0 Å². The third kappa shape index (κ3) is 7.50. The lowest BCUT2D eigenvalue weighted by Gasteiger charge is -2.36. The number of nitrogens with one attached hydrogen (secondary N) is 1. The summed E-state index contributed by atoms with van der Waals surface area (Å²) in [5.41, 5.74) is 5.38. The second kappa shape index (κ2) is 13.0. The lowest BCUT2D eigenvalue weighted by molar-refractivity contribution is 0.0981. The van der Waals surface area contributed by atoms with Crippen molar-refractivity contribution in [3.05, 3.63) is 114 Å². The van der Waals surface area contributed by atoms with Crippen molar-refractivity contribution < 1.29 is 17.9 Å². The van der Waals surface area contributed by atoms with E-state index in [1.807, 2.05) is 43.5 Å². The molecule has 1 aromatic heterocycles. The summed E-state index contributed by atoms with van der Waals surface area (Å²) in [7, 11) is -3.80. The van der Waals surface area contributed by atoms with Crippen molar-refractivity contribution in [2.45, 2.75) is 19.2 Å². The van der Waals surface area contributed by atoms with E-state index in [2.05, 4.69) is 37.7 Å². The topological polar surface area (TPSA) is 91.8 Å². The summed E-state index contributed by atoms with van der Waals surface area (Å²) in [6.07, 6.45) is 3.61. The average Bonchev–Trinajstić information content (AvgIpc) is 2.98. The maximum atomic E-state index is 12.6. The molecule has 4 aromatic rings. The summed E-state index contributed by atoms with van der Waals surface area (Å²) < 4.78 is 32.7. The number of amides is 1. The summed E-state index contributed by atoms with van der Waals surface area (Å²) in [6, 6.07) is 26.3. The zero-order valence-corrected chi connectivity index (χ0v) is 23.9. The maximum Gasteiger partial charge on any atom is 0.264 e. The van der Waals surface area contributed by atoms with E-state index < -0.39 is 15.9 Å². The van der Waals surface area contributed by atoms with Gasteiger partial charge in [-0.1, -0.05) is 54.6 Å². The molecule has 1 aliphatic heterocycles. The Kier molecular flexibility index (Phi) is 8.96. The van der Waals surface area contributed by atoms with E-state index in [9.17, 15) is 13.2 Å². The number of aromatic nitrogens is 1. The number of benzene rings is 3. The van der Waals surface area contributed by atoms with E-state index in [0.717, 1.165) is 55.3 Å². The van der Waals surface area contributed by atoms with Crippen molar-refractivity contribution >= 4 is 21.6 Å². The molecule has 9 heteroatoms. The third-order valence-corrected chi connectivity index (χ3v) is 8.27. The van der Waals surface area contributed by atoms with Crippen LogP contribution in [0.1, 0.15) is 28.4 Å². The molecule has 3 aromatic carbocycles. The Balaban J connectivity index is 1.17. The Hall–Kier alpha value is -4.21. The molecule has 0 unspecified atom stereocenters. The number of sulfonamides is 1. The molecule has 0 radical (unpaired) electrons. The van der Waals surface area contributed by atoms with Crippen molar-refractivity contribution in [3.63, 3.8) is 0 Å². The minimum Gasteiger partial charge on any atom is -0.492 e. The van der Waals surface area contributed by atoms with Crippen LogP contribution in [0.5, 0.6) is 5.75 Å². The van der Waals surface area contributed by atoms with Crippen molar-refractivity contribution in [2.24, 2.45) is 0 Å². The van der Waals surface area contributed by atoms with E-state index >= 15 is 0 Å². The lowest BCUT2D eigenvalue weighted by atomic mass is 10.0. The quantitative estimate of drug-likeness (QED) is 0.295. The lowest BCUT2D eigenvalue weighted by Crippen LogP contribution is -2.46. The summed E-state index contributed by atoms with van der Waals surface area (Å²) in [4.78, 5) is 21.7. The number of hydrogen-bond donors (Lipinski definition) is 1. The fraction of sp³-hybridized carbons (Fsp3) is 0.250. The first kappa shape index (κ1) is 28.3. The zero-order chi connectivity index (χ0) is 28.7. The van der Waals surface area contributed by atoms with Crippen LogP contribution >= 0.6 is 0 Å². The number of piperazine rings is 1. The molecule has 41 heavy (non-hydrogen) atoms. The fourth-order valence-electron chi connectivity index (χ4n) is 5.01. The largest absolute Gasteiger partial charge is 0.492 e. The number of pyridine rings is 1. The molecule has 212 valence electrons. The summed E-state index contributed by atoms with van der Waals surface area (Å²) in [5.74, 6) is -0.105. The molecular weight excluding hydrogens is 536 g/mol. The molecule has 0 bridgehead atoms. The van der Waals surface area contributed by atoms with Gasteiger partial charge in [-0.05, 0) is 53.9 Å². The molecule has 0 spiro atoms. The van der Waals surface area contributed by atoms with Crippen LogP contribution in [-0.4, -0.2) is 57.0 Å². The first-order valence-electron chi connectivity index (χ1n) is 13.7. The molecule has 5 rings (SSSR count). The van der Waals surface area contributed by atoms with Gasteiger partial charge >= 0.3 is 0 Å². The SMILES string of the molecule is CCOc1cncc(-c2ccccc2CN2CCN(c3ccc(C(=O)NS(=O)(=O)Cc4ccccc4)cc3)CC2)c1. The number of hydrogen-bond acceptors (Lipinski definition) is 7. The van der Waals surface area contributed by atoms with Crippen molar-refractivity contribution in [1.82, 2.24) is 14.6 Å². The summed E-state index contributed by atoms with van der Waals surface area (Å²) >= 11 is 0. The Bertz CT molecular complexity index is 1570. The number of carbonyl (C=O) groups is 1. The predicted octanol–water partition coefficient (Wildman–Crippen LogP) is 4.73. The fourth-order valence-corrected chi connectivity index (χ4v) is 6.11. The van der Waals surface area contributed by atoms with E-state index in [4.69, 9.17) is 4.74 Å². The standard InChI is InChI=1S/C32H34N4O4S/c1-2-40-30-20-28(21-33-22-30)31-11-7-6-10-27(31)23-35-16-18-36(19-17-35)29-14-12-26(13-15-29)32(37)34-41(38,39)24-25-8-4-3-5-9-25/h3-15,20-22H,2,16-19,23-24H2,1H3,(H,34,37). The molecule has 0 aliphatic carbocycles. The molecule has 1 amide bonds. The van der Waals surface area contributed by atoms with Crippen LogP contribution in [0.3, 0.4) is 0 Å². The average molecular weight is 571 g/mol. The molecule has 0 atom stereocenters. The van der Waals surface area contributed by atoms with Gasteiger partial charge in [-0.3, -0.25) is 14.7 Å². The highest BCUT2D eigenvalue weighted by Gasteiger charge is 2.20. The van der Waals surface area contributed by atoms with Gasteiger partial charge < -0.3 is 9.64 Å². The second-order valence-corrected chi connectivity index (χ2v) is 11.7. The molecule has 1 N–H and O–H groups in total. The number of rotatable bonds is 10. The van der Waals surface area contributed by atoms with Crippen LogP contribution in [0.25, 0.3) is 11.1 Å². The number of anilines is 1. The van der Waals surface area contributed by atoms with Gasteiger partial charge in [0.2, 0.25) is 10.0 Å².